The zero-order valence-corrected chi connectivity index (χ0v) is 15.6. The van der Waals surface area contributed by atoms with Crippen molar-refractivity contribution in [3.05, 3.63) is 53.0 Å². The molecule has 1 aromatic carbocycles. The van der Waals surface area contributed by atoms with E-state index in [0.29, 0.717) is 6.42 Å². The van der Waals surface area contributed by atoms with E-state index in [1.165, 1.54) is 5.56 Å². The molecule has 0 radical (unpaired) electrons. The molecule has 3 aromatic rings. The maximum Gasteiger partial charge on any atom is 0.231 e. The van der Waals surface area contributed by atoms with Crippen LogP contribution < -0.4 is 10.2 Å². The summed E-state index contributed by atoms with van der Waals surface area (Å²) in [5.41, 5.74) is 5.61. The van der Waals surface area contributed by atoms with Crippen molar-refractivity contribution in [1.29, 1.82) is 0 Å². The number of benzene rings is 1. The number of anilines is 3. The van der Waals surface area contributed by atoms with E-state index in [9.17, 15) is 4.79 Å². The Morgan fingerprint density at radius 2 is 2.08 bits per heavy atom. The van der Waals surface area contributed by atoms with Gasteiger partial charge in [-0.3, -0.25) is 4.79 Å². The van der Waals surface area contributed by atoms with Gasteiger partial charge in [-0.05, 0) is 48.2 Å². The molecule has 132 valence electrons. The third-order valence-electron chi connectivity index (χ3n) is 4.71. The van der Waals surface area contributed by atoms with E-state index in [4.69, 9.17) is 4.98 Å². The van der Waals surface area contributed by atoms with Crippen molar-refractivity contribution < 1.29 is 4.79 Å². The molecule has 0 bridgehead atoms. The lowest BCUT2D eigenvalue weighted by atomic mass is 9.96. The van der Waals surface area contributed by atoms with Gasteiger partial charge in [0.1, 0.15) is 5.82 Å². The summed E-state index contributed by atoms with van der Waals surface area (Å²) in [6, 6.07) is 10.1. The van der Waals surface area contributed by atoms with Crippen LogP contribution in [0.4, 0.5) is 16.6 Å². The maximum atomic E-state index is 12.2. The Labute approximate surface area is 161 Å². The monoisotopic (exact) mass is 384 g/mol. The van der Waals surface area contributed by atoms with E-state index in [1.807, 2.05) is 23.1 Å². The van der Waals surface area contributed by atoms with Gasteiger partial charge in [-0.1, -0.05) is 6.07 Å². The molecule has 2 aliphatic rings. The van der Waals surface area contributed by atoms with E-state index in [1.54, 1.807) is 17.5 Å². The van der Waals surface area contributed by atoms with Crippen molar-refractivity contribution in [3.8, 4) is 11.3 Å². The highest BCUT2D eigenvalue weighted by atomic mass is 35.5. The van der Waals surface area contributed by atoms with Crippen LogP contribution in [-0.4, -0.2) is 22.4 Å². The molecule has 2 aliphatic heterocycles. The van der Waals surface area contributed by atoms with Crippen LogP contribution in [0.1, 0.15) is 17.5 Å². The number of aryl methyl sites for hydroxylation is 1. The van der Waals surface area contributed by atoms with Crippen molar-refractivity contribution >= 4 is 46.3 Å². The molecule has 0 aliphatic carbocycles. The normalized spacial score (nSPS) is 14.8. The van der Waals surface area contributed by atoms with Crippen molar-refractivity contribution in [2.24, 2.45) is 0 Å². The smallest absolute Gasteiger partial charge is 0.231 e. The second-order valence-electron chi connectivity index (χ2n) is 6.35. The van der Waals surface area contributed by atoms with E-state index >= 15 is 0 Å². The number of amides is 1. The van der Waals surface area contributed by atoms with Gasteiger partial charge in [0.05, 0.1) is 17.8 Å². The third kappa shape index (κ3) is 2.85. The molecule has 0 saturated carbocycles. The largest absolute Gasteiger partial charge is 0.316 e. The minimum atomic E-state index is 0. The van der Waals surface area contributed by atoms with Crippen molar-refractivity contribution in [2.75, 3.05) is 16.8 Å². The number of aromatic nitrogens is 2. The van der Waals surface area contributed by atoms with Gasteiger partial charge in [0.25, 0.3) is 0 Å². The van der Waals surface area contributed by atoms with E-state index in [0.717, 1.165) is 52.8 Å². The van der Waals surface area contributed by atoms with Crippen LogP contribution in [0.25, 0.3) is 11.3 Å². The molecule has 2 aromatic heterocycles. The Bertz CT molecular complexity index is 973. The summed E-state index contributed by atoms with van der Waals surface area (Å²) in [7, 11) is 0. The first-order valence-corrected chi connectivity index (χ1v) is 9.26. The summed E-state index contributed by atoms with van der Waals surface area (Å²) >= 11 is 1.56. The number of pyridine rings is 1. The molecule has 1 N–H and O–H groups in total. The number of hydrogen-bond acceptors (Lipinski definition) is 5. The molecular weight excluding hydrogens is 368 g/mol. The highest BCUT2D eigenvalue weighted by Crippen LogP contribution is 2.40. The Morgan fingerprint density at radius 3 is 2.92 bits per heavy atom. The molecule has 0 unspecified atom stereocenters. The third-order valence-corrected chi connectivity index (χ3v) is 5.47. The fraction of sp³-hybridized carbons (Fsp3) is 0.211. The Hall–Kier alpha value is -2.44. The molecule has 0 saturated heterocycles. The van der Waals surface area contributed by atoms with Crippen molar-refractivity contribution in [3.63, 3.8) is 0 Å². The van der Waals surface area contributed by atoms with Crippen LogP contribution >= 0.6 is 23.7 Å². The predicted octanol–water partition coefficient (Wildman–Crippen LogP) is 4.21. The first-order valence-electron chi connectivity index (χ1n) is 8.38. The van der Waals surface area contributed by atoms with Crippen LogP contribution in [0.2, 0.25) is 0 Å². The van der Waals surface area contributed by atoms with E-state index in [-0.39, 0.29) is 18.3 Å². The molecule has 26 heavy (non-hydrogen) atoms. The van der Waals surface area contributed by atoms with Gasteiger partial charge in [-0.2, -0.15) is 0 Å². The number of halogens is 1. The molecule has 0 atom stereocenters. The topological polar surface area (TPSA) is 58.1 Å². The summed E-state index contributed by atoms with van der Waals surface area (Å²) in [5.74, 6) is 1.01. The van der Waals surface area contributed by atoms with Crippen LogP contribution in [0.5, 0.6) is 0 Å². The number of carbonyl (C=O) groups is 1. The van der Waals surface area contributed by atoms with Gasteiger partial charge in [0, 0.05) is 23.7 Å². The number of nitrogens with one attached hydrogen (secondary N) is 1. The Balaban J connectivity index is 0.00000168. The number of hydrogen-bond donors (Lipinski definition) is 1. The molecule has 4 heterocycles. The SMILES string of the molecule is Cl.O=C1Cc2cc(-c3csc(Nc4ccccn4)n3)cc3c2N1CCC3. The summed E-state index contributed by atoms with van der Waals surface area (Å²) < 4.78 is 0. The first-order chi connectivity index (χ1) is 12.3. The molecular formula is C19H17ClN4OS. The van der Waals surface area contributed by atoms with Gasteiger partial charge in [-0.15, -0.1) is 23.7 Å². The van der Waals surface area contributed by atoms with E-state index < -0.39 is 0 Å². The number of nitrogens with zero attached hydrogens (tertiary/aromatic N) is 3. The van der Waals surface area contributed by atoms with Gasteiger partial charge >= 0.3 is 0 Å². The minimum Gasteiger partial charge on any atom is -0.316 e. The lowest BCUT2D eigenvalue weighted by Crippen LogP contribution is -2.31. The van der Waals surface area contributed by atoms with Gasteiger partial charge < -0.3 is 10.2 Å². The molecule has 0 fully saturated rings. The lowest BCUT2D eigenvalue weighted by Gasteiger charge is -2.25. The zero-order chi connectivity index (χ0) is 16.8. The number of thiazole rings is 1. The van der Waals surface area contributed by atoms with Gasteiger partial charge in [-0.25, -0.2) is 9.97 Å². The fourth-order valence-electron chi connectivity index (χ4n) is 3.64. The van der Waals surface area contributed by atoms with Crippen LogP contribution in [0.15, 0.2) is 41.9 Å². The molecule has 5 nitrogen and oxygen atoms in total. The Kier molecular flexibility index (Phi) is 4.38. The number of carbonyl (C=O) groups excluding carboxylic acids is 1. The Morgan fingerprint density at radius 1 is 1.19 bits per heavy atom. The fourth-order valence-corrected chi connectivity index (χ4v) is 4.36. The minimum absolute atomic E-state index is 0. The van der Waals surface area contributed by atoms with E-state index in [2.05, 4.69) is 27.8 Å². The van der Waals surface area contributed by atoms with Crippen LogP contribution in [0, 0.1) is 0 Å². The highest BCUT2D eigenvalue weighted by molar-refractivity contribution is 7.14. The summed E-state index contributed by atoms with van der Waals surface area (Å²) in [6.45, 7) is 0.854. The van der Waals surface area contributed by atoms with Gasteiger partial charge in [0.2, 0.25) is 5.91 Å². The first kappa shape index (κ1) is 17.0. The molecule has 7 heteroatoms. The summed E-state index contributed by atoms with van der Waals surface area (Å²) in [5, 5.41) is 6.11. The second-order valence-corrected chi connectivity index (χ2v) is 7.20. The average Bonchev–Trinajstić information content (AvgIpc) is 3.22. The van der Waals surface area contributed by atoms with Crippen molar-refractivity contribution in [1.82, 2.24) is 9.97 Å². The lowest BCUT2D eigenvalue weighted by molar-refractivity contribution is -0.117. The highest BCUT2D eigenvalue weighted by Gasteiger charge is 2.32. The molecule has 5 rings (SSSR count). The average molecular weight is 385 g/mol. The number of rotatable bonds is 3. The quantitative estimate of drug-likeness (QED) is 0.735. The van der Waals surface area contributed by atoms with Gasteiger partial charge in [0.15, 0.2) is 5.13 Å². The summed E-state index contributed by atoms with van der Waals surface area (Å²) in [6.07, 6.45) is 4.33. The maximum absolute atomic E-state index is 12.2. The standard InChI is InChI=1S/C19H16N4OS.ClH/c24-17-10-14-9-13(8-12-4-3-7-23(17)18(12)14)15-11-25-19(21-15)22-16-5-1-2-6-20-16;/h1-2,5-6,8-9,11H,3-4,7,10H2,(H,20,21,22);1H. The predicted molar refractivity (Wildman–Crippen MR) is 107 cm³/mol. The zero-order valence-electron chi connectivity index (χ0n) is 13.9. The summed E-state index contributed by atoms with van der Waals surface area (Å²) in [4.78, 5) is 23.1. The second kappa shape index (κ2) is 6.70. The van der Waals surface area contributed by atoms with Crippen LogP contribution in [0.3, 0.4) is 0 Å². The molecule has 0 spiro atoms. The molecule has 1 amide bonds. The van der Waals surface area contributed by atoms with Crippen LogP contribution in [-0.2, 0) is 17.6 Å². The van der Waals surface area contributed by atoms with Crippen molar-refractivity contribution in [2.45, 2.75) is 19.3 Å².